The molecule has 0 bridgehead atoms. The van der Waals surface area contributed by atoms with Crippen molar-refractivity contribution in [1.82, 2.24) is 9.62 Å². The number of halogens is 1. The lowest BCUT2D eigenvalue weighted by molar-refractivity contribution is 0.0377. The van der Waals surface area contributed by atoms with E-state index in [1.807, 2.05) is 0 Å². The van der Waals surface area contributed by atoms with Crippen LogP contribution in [0.3, 0.4) is 0 Å². The van der Waals surface area contributed by atoms with Gasteiger partial charge in [0.15, 0.2) is 0 Å². The van der Waals surface area contributed by atoms with Crippen LogP contribution in [0.5, 0.6) is 0 Å². The number of ether oxygens (including phenoxy) is 1. The van der Waals surface area contributed by atoms with E-state index in [0.29, 0.717) is 28.5 Å². The van der Waals surface area contributed by atoms with Crippen LogP contribution in [-0.4, -0.2) is 58.5 Å². The predicted octanol–water partition coefficient (Wildman–Crippen LogP) is 2.12. The van der Waals surface area contributed by atoms with Gasteiger partial charge in [-0.1, -0.05) is 23.7 Å². The zero-order valence-corrected chi connectivity index (χ0v) is 15.7. The number of morpholine rings is 1. The molecule has 136 valence electrons. The van der Waals surface area contributed by atoms with Crippen LogP contribution < -0.4 is 4.72 Å². The number of amidine groups is 1. The quantitative estimate of drug-likeness (QED) is 0.790. The fraction of sp³-hybridized carbons (Fsp3) is 0.471. The summed E-state index contributed by atoms with van der Waals surface area (Å²) in [7, 11) is -3.60. The van der Waals surface area contributed by atoms with Crippen molar-refractivity contribution in [3.05, 3.63) is 40.4 Å². The molecule has 25 heavy (non-hydrogen) atoms. The lowest BCUT2D eigenvalue weighted by Crippen LogP contribution is -2.37. The molecule has 0 amide bonds. The van der Waals surface area contributed by atoms with Crippen molar-refractivity contribution in [2.45, 2.75) is 13.3 Å². The van der Waals surface area contributed by atoms with Crippen LogP contribution in [0.1, 0.15) is 18.9 Å². The maximum absolute atomic E-state index is 12.5. The number of nitrogens with one attached hydrogen (secondary N) is 1. The van der Waals surface area contributed by atoms with E-state index in [2.05, 4.69) is 14.6 Å². The summed E-state index contributed by atoms with van der Waals surface area (Å²) < 4.78 is 32.8. The molecule has 8 heteroatoms. The second-order valence-corrected chi connectivity index (χ2v) is 8.16. The van der Waals surface area contributed by atoms with E-state index < -0.39 is 10.0 Å². The number of hydrogen-bond acceptors (Lipinski definition) is 5. The largest absolute Gasteiger partial charge is 0.379 e. The first-order valence-corrected chi connectivity index (χ1v) is 10.2. The van der Waals surface area contributed by atoms with Gasteiger partial charge in [-0.2, -0.15) is 0 Å². The third-order valence-electron chi connectivity index (χ3n) is 4.29. The van der Waals surface area contributed by atoms with Crippen LogP contribution in [0.4, 0.5) is 0 Å². The molecule has 0 aliphatic carbocycles. The third kappa shape index (κ3) is 4.41. The second-order valence-electron chi connectivity index (χ2n) is 6.11. The van der Waals surface area contributed by atoms with E-state index in [-0.39, 0.29) is 4.91 Å². The fourth-order valence-electron chi connectivity index (χ4n) is 3.03. The number of hydrogen-bond donors (Lipinski definition) is 1. The highest BCUT2D eigenvalue weighted by Crippen LogP contribution is 2.31. The van der Waals surface area contributed by atoms with Crippen molar-refractivity contribution in [1.29, 1.82) is 0 Å². The second kappa shape index (κ2) is 7.86. The van der Waals surface area contributed by atoms with Gasteiger partial charge in [0.25, 0.3) is 10.0 Å². The van der Waals surface area contributed by atoms with Gasteiger partial charge in [0, 0.05) is 36.8 Å². The Hall–Kier alpha value is -1.41. The molecule has 2 heterocycles. The molecule has 1 fully saturated rings. The summed E-state index contributed by atoms with van der Waals surface area (Å²) in [5.41, 5.74) is 1.21. The highest BCUT2D eigenvalue weighted by atomic mass is 35.5. The van der Waals surface area contributed by atoms with Crippen molar-refractivity contribution >= 4 is 32.4 Å². The smallest absolute Gasteiger partial charge is 0.264 e. The van der Waals surface area contributed by atoms with Gasteiger partial charge in [0.05, 0.1) is 13.2 Å². The molecular formula is C17H22ClN3O3S. The lowest BCUT2D eigenvalue weighted by atomic mass is 10.1. The highest BCUT2D eigenvalue weighted by molar-refractivity contribution is 8.00. The summed E-state index contributed by atoms with van der Waals surface area (Å²) in [6.45, 7) is 6.74. The Balaban J connectivity index is 1.70. The average molecular weight is 384 g/mol. The van der Waals surface area contributed by atoms with Crippen LogP contribution >= 0.6 is 11.6 Å². The Bertz CT molecular complexity index is 799. The van der Waals surface area contributed by atoms with Gasteiger partial charge < -0.3 is 4.74 Å². The fourth-order valence-corrected chi connectivity index (χ4v) is 4.73. The minimum Gasteiger partial charge on any atom is -0.379 e. The van der Waals surface area contributed by atoms with Gasteiger partial charge in [-0.3, -0.25) is 14.6 Å². The third-order valence-corrected chi connectivity index (χ3v) is 6.06. The maximum Gasteiger partial charge on any atom is 0.264 e. The Labute approximate surface area is 153 Å². The Morgan fingerprint density at radius 1 is 1.32 bits per heavy atom. The van der Waals surface area contributed by atoms with Gasteiger partial charge in [0.2, 0.25) is 0 Å². The molecule has 2 aliphatic heterocycles. The zero-order chi connectivity index (χ0) is 17.9. The van der Waals surface area contributed by atoms with Crippen molar-refractivity contribution in [3.63, 3.8) is 0 Å². The summed E-state index contributed by atoms with van der Waals surface area (Å²) in [6.07, 6.45) is 0.880. The lowest BCUT2D eigenvalue weighted by Gasteiger charge is -2.26. The first-order chi connectivity index (χ1) is 12.0. The van der Waals surface area contributed by atoms with E-state index in [1.165, 1.54) is 0 Å². The first kappa shape index (κ1) is 18.4. The van der Waals surface area contributed by atoms with E-state index in [4.69, 9.17) is 16.3 Å². The van der Waals surface area contributed by atoms with E-state index in [9.17, 15) is 8.42 Å². The molecule has 0 spiro atoms. The van der Waals surface area contributed by atoms with Crippen molar-refractivity contribution in [3.8, 4) is 0 Å². The van der Waals surface area contributed by atoms with Crippen LogP contribution in [0, 0.1) is 0 Å². The van der Waals surface area contributed by atoms with Crippen molar-refractivity contribution in [2.75, 3.05) is 39.4 Å². The van der Waals surface area contributed by atoms with Crippen LogP contribution in [-0.2, 0) is 14.8 Å². The zero-order valence-electron chi connectivity index (χ0n) is 14.2. The monoisotopic (exact) mass is 383 g/mol. The number of nitrogens with zero attached hydrogens (tertiary/aromatic N) is 2. The molecule has 3 rings (SSSR count). The summed E-state index contributed by atoms with van der Waals surface area (Å²) in [6, 6.07) is 6.85. The van der Waals surface area contributed by atoms with E-state index in [1.54, 1.807) is 31.2 Å². The highest BCUT2D eigenvalue weighted by Gasteiger charge is 2.32. The summed E-state index contributed by atoms with van der Waals surface area (Å²) in [4.78, 5) is 7.05. The predicted molar refractivity (Wildman–Crippen MR) is 100 cm³/mol. The summed E-state index contributed by atoms with van der Waals surface area (Å²) in [5.74, 6) is 0.428. The molecule has 0 aromatic heterocycles. The molecule has 0 unspecified atom stereocenters. The molecule has 1 saturated heterocycles. The van der Waals surface area contributed by atoms with E-state index >= 15 is 0 Å². The molecule has 1 aromatic carbocycles. The number of sulfonamides is 1. The average Bonchev–Trinajstić information content (AvgIpc) is 2.81. The molecule has 0 radical (unpaired) electrons. The van der Waals surface area contributed by atoms with Crippen LogP contribution in [0.15, 0.2) is 34.8 Å². The SMILES string of the molecule is CC1=C(c2cccc(Cl)c2)S(=O)(=O)NC1=NCCCN1CCOCC1. The van der Waals surface area contributed by atoms with E-state index in [0.717, 1.165) is 39.3 Å². The first-order valence-electron chi connectivity index (χ1n) is 8.32. The van der Waals surface area contributed by atoms with Gasteiger partial charge >= 0.3 is 0 Å². The molecule has 0 atom stereocenters. The van der Waals surface area contributed by atoms with Crippen molar-refractivity contribution < 1.29 is 13.2 Å². The van der Waals surface area contributed by atoms with Crippen LogP contribution in [0.2, 0.25) is 5.02 Å². The molecule has 2 aliphatic rings. The minimum absolute atomic E-state index is 0.252. The van der Waals surface area contributed by atoms with Crippen LogP contribution in [0.25, 0.3) is 4.91 Å². The van der Waals surface area contributed by atoms with Gasteiger partial charge in [-0.05, 0) is 31.0 Å². The molecule has 0 saturated carbocycles. The molecular weight excluding hydrogens is 362 g/mol. The summed E-state index contributed by atoms with van der Waals surface area (Å²) >= 11 is 6.00. The Morgan fingerprint density at radius 3 is 2.80 bits per heavy atom. The number of rotatable bonds is 5. The number of benzene rings is 1. The van der Waals surface area contributed by atoms with Gasteiger partial charge in [0.1, 0.15) is 10.7 Å². The van der Waals surface area contributed by atoms with Gasteiger partial charge in [-0.15, -0.1) is 0 Å². The van der Waals surface area contributed by atoms with Gasteiger partial charge in [-0.25, -0.2) is 8.42 Å². The maximum atomic E-state index is 12.5. The Kier molecular flexibility index (Phi) is 5.78. The minimum atomic E-state index is -3.60. The topological polar surface area (TPSA) is 71.0 Å². The molecule has 1 aromatic rings. The normalized spacial score (nSPS) is 22.4. The summed E-state index contributed by atoms with van der Waals surface area (Å²) in [5, 5.41) is 0.504. The molecule has 1 N–H and O–H groups in total. The Morgan fingerprint density at radius 2 is 2.08 bits per heavy atom. The molecule has 6 nitrogen and oxygen atoms in total. The number of aliphatic imine (C=N–C) groups is 1. The van der Waals surface area contributed by atoms with Crippen molar-refractivity contribution in [2.24, 2.45) is 4.99 Å². The standard InChI is InChI=1S/C17H22ClN3O3S/c1-13-16(14-4-2-5-15(18)12-14)25(22,23)20-17(13)19-6-3-7-21-8-10-24-11-9-21/h2,4-5,12H,3,6-11H2,1H3,(H,19,20).